The van der Waals surface area contributed by atoms with Crippen molar-refractivity contribution in [2.24, 2.45) is 0 Å². The van der Waals surface area contributed by atoms with Crippen LogP contribution in [0.2, 0.25) is 0 Å². The van der Waals surface area contributed by atoms with E-state index < -0.39 is 0 Å². The van der Waals surface area contributed by atoms with E-state index >= 15 is 0 Å². The Morgan fingerprint density at radius 2 is 1.78 bits per heavy atom. The standard InChI is InChI=1S/C15H17NO2/c1-11(2)18-13-6-4-12(5-7-13)14-8-9-16-10-15(14)17-3/h4-11H,1-3H3. The summed E-state index contributed by atoms with van der Waals surface area (Å²) in [5, 5.41) is 0. The van der Waals surface area contributed by atoms with Gasteiger partial charge in [-0.3, -0.25) is 4.98 Å². The first-order chi connectivity index (χ1) is 8.70. The Hall–Kier alpha value is -2.03. The third-order valence-corrected chi connectivity index (χ3v) is 2.54. The molecule has 0 saturated heterocycles. The second-order valence-electron chi connectivity index (χ2n) is 4.27. The van der Waals surface area contributed by atoms with E-state index in [1.807, 2.05) is 44.2 Å². The van der Waals surface area contributed by atoms with E-state index in [-0.39, 0.29) is 6.10 Å². The maximum Gasteiger partial charge on any atom is 0.144 e. The van der Waals surface area contributed by atoms with Crippen molar-refractivity contribution >= 4 is 0 Å². The largest absolute Gasteiger partial charge is 0.494 e. The van der Waals surface area contributed by atoms with Gasteiger partial charge in [-0.2, -0.15) is 0 Å². The number of rotatable bonds is 4. The Bertz CT molecular complexity index is 506. The summed E-state index contributed by atoms with van der Waals surface area (Å²) in [6.07, 6.45) is 3.66. The fraction of sp³-hybridized carbons (Fsp3) is 0.267. The number of methoxy groups -OCH3 is 1. The first kappa shape index (κ1) is 12.4. The molecular weight excluding hydrogens is 226 g/mol. The average Bonchev–Trinajstić information content (AvgIpc) is 2.39. The van der Waals surface area contributed by atoms with Crippen molar-refractivity contribution in [2.45, 2.75) is 20.0 Å². The van der Waals surface area contributed by atoms with Crippen LogP contribution in [0.25, 0.3) is 11.1 Å². The molecule has 2 aromatic rings. The zero-order valence-electron chi connectivity index (χ0n) is 10.9. The van der Waals surface area contributed by atoms with Crippen LogP contribution in [0.15, 0.2) is 42.7 Å². The fourth-order valence-electron chi connectivity index (χ4n) is 1.77. The summed E-state index contributed by atoms with van der Waals surface area (Å²) in [6.45, 7) is 4.03. The van der Waals surface area contributed by atoms with E-state index in [4.69, 9.17) is 9.47 Å². The number of hydrogen-bond donors (Lipinski definition) is 0. The molecule has 2 rings (SSSR count). The lowest BCUT2D eigenvalue weighted by Crippen LogP contribution is -2.05. The van der Waals surface area contributed by atoms with Crippen LogP contribution in [0, 0.1) is 0 Å². The van der Waals surface area contributed by atoms with Crippen LogP contribution < -0.4 is 9.47 Å². The fourth-order valence-corrected chi connectivity index (χ4v) is 1.77. The quantitative estimate of drug-likeness (QED) is 0.823. The van der Waals surface area contributed by atoms with Crippen LogP contribution in [-0.4, -0.2) is 18.2 Å². The van der Waals surface area contributed by atoms with Crippen molar-refractivity contribution in [3.05, 3.63) is 42.7 Å². The zero-order valence-corrected chi connectivity index (χ0v) is 10.9. The molecule has 0 spiro atoms. The normalized spacial score (nSPS) is 10.4. The molecule has 0 aliphatic heterocycles. The lowest BCUT2D eigenvalue weighted by molar-refractivity contribution is 0.242. The number of pyridine rings is 1. The summed E-state index contributed by atoms with van der Waals surface area (Å²) in [6, 6.07) is 9.92. The molecule has 1 aromatic carbocycles. The monoisotopic (exact) mass is 243 g/mol. The van der Waals surface area contributed by atoms with Gasteiger partial charge in [0.1, 0.15) is 11.5 Å². The molecule has 0 radical (unpaired) electrons. The number of aromatic nitrogens is 1. The van der Waals surface area contributed by atoms with Gasteiger partial charge in [-0.05, 0) is 37.6 Å². The van der Waals surface area contributed by atoms with Crippen LogP contribution in [0.3, 0.4) is 0 Å². The Labute approximate surface area is 107 Å². The molecule has 0 amide bonds. The van der Waals surface area contributed by atoms with E-state index in [0.717, 1.165) is 22.6 Å². The Kier molecular flexibility index (Phi) is 3.82. The van der Waals surface area contributed by atoms with Gasteiger partial charge in [-0.25, -0.2) is 0 Å². The maximum atomic E-state index is 5.62. The van der Waals surface area contributed by atoms with Crippen molar-refractivity contribution in [1.82, 2.24) is 4.98 Å². The lowest BCUT2D eigenvalue weighted by Gasteiger charge is -2.11. The average molecular weight is 243 g/mol. The first-order valence-electron chi connectivity index (χ1n) is 5.96. The summed E-state index contributed by atoms with van der Waals surface area (Å²) in [4.78, 5) is 4.05. The minimum absolute atomic E-state index is 0.186. The molecular formula is C15H17NO2. The highest BCUT2D eigenvalue weighted by molar-refractivity contribution is 5.70. The molecule has 3 heteroatoms. The summed E-state index contributed by atoms with van der Waals surface area (Å²) in [5.74, 6) is 1.65. The molecule has 3 nitrogen and oxygen atoms in total. The highest BCUT2D eigenvalue weighted by Gasteiger charge is 2.05. The Morgan fingerprint density at radius 1 is 1.06 bits per heavy atom. The lowest BCUT2D eigenvalue weighted by atomic mass is 10.1. The van der Waals surface area contributed by atoms with Crippen molar-refractivity contribution in [3.63, 3.8) is 0 Å². The molecule has 94 valence electrons. The van der Waals surface area contributed by atoms with Crippen LogP contribution in [-0.2, 0) is 0 Å². The molecule has 0 atom stereocenters. The maximum absolute atomic E-state index is 5.62. The van der Waals surface area contributed by atoms with Gasteiger partial charge in [-0.15, -0.1) is 0 Å². The van der Waals surface area contributed by atoms with Crippen molar-refractivity contribution < 1.29 is 9.47 Å². The van der Waals surface area contributed by atoms with Crippen molar-refractivity contribution in [1.29, 1.82) is 0 Å². The van der Waals surface area contributed by atoms with E-state index in [9.17, 15) is 0 Å². The highest BCUT2D eigenvalue weighted by atomic mass is 16.5. The third kappa shape index (κ3) is 2.80. The molecule has 18 heavy (non-hydrogen) atoms. The number of ether oxygens (including phenoxy) is 2. The van der Waals surface area contributed by atoms with Crippen molar-refractivity contribution in [3.8, 4) is 22.6 Å². The predicted octanol–water partition coefficient (Wildman–Crippen LogP) is 3.54. The van der Waals surface area contributed by atoms with Crippen LogP contribution in [0.1, 0.15) is 13.8 Å². The SMILES string of the molecule is COc1cnccc1-c1ccc(OC(C)C)cc1. The van der Waals surface area contributed by atoms with Gasteiger partial charge in [0.05, 0.1) is 19.4 Å². The predicted molar refractivity (Wildman–Crippen MR) is 72.0 cm³/mol. The summed E-state index contributed by atoms with van der Waals surface area (Å²) < 4.78 is 10.9. The van der Waals surface area contributed by atoms with Gasteiger partial charge >= 0.3 is 0 Å². The summed E-state index contributed by atoms with van der Waals surface area (Å²) in [5.41, 5.74) is 2.12. The molecule has 0 N–H and O–H groups in total. The van der Waals surface area contributed by atoms with Gasteiger partial charge in [0.2, 0.25) is 0 Å². The van der Waals surface area contributed by atoms with Gasteiger partial charge in [0.15, 0.2) is 0 Å². The highest BCUT2D eigenvalue weighted by Crippen LogP contribution is 2.29. The van der Waals surface area contributed by atoms with Crippen LogP contribution in [0.4, 0.5) is 0 Å². The minimum atomic E-state index is 0.186. The van der Waals surface area contributed by atoms with E-state index in [0.29, 0.717) is 0 Å². The molecule has 0 aliphatic carbocycles. The second-order valence-corrected chi connectivity index (χ2v) is 4.27. The number of benzene rings is 1. The molecule has 0 bridgehead atoms. The molecule has 0 fully saturated rings. The van der Waals surface area contributed by atoms with Crippen LogP contribution >= 0.6 is 0 Å². The van der Waals surface area contributed by atoms with Crippen molar-refractivity contribution in [2.75, 3.05) is 7.11 Å². The first-order valence-corrected chi connectivity index (χ1v) is 5.96. The molecule has 1 aromatic heterocycles. The number of nitrogens with zero attached hydrogens (tertiary/aromatic N) is 1. The minimum Gasteiger partial charge on any atom is -0.494 e. The van der Waals surface area contributed by atoms with E-state index in [1.54, 1.807) is 19.5 Å². The molecule has 0 unspecified atom stereocenters. The second kappa shape index (κ2) is 5.54. The van der Waals surface area contributed by atoms with Gasteiger partial charge in [0, 0.05) is 11.8 Å². The van der Waals surface area contributed by atoms with Gasteiger partial charge < -0.3 is 9.47 Å². The topological polar surface area (TPSA) is 31.4 Å². The van der Waals surface area contributed by atoms with E-state index in [2.05, 4.69) is 4.98 Å². The van der Waals surface area contributed by atoms with Crippen LogP contribution in [0.5, 0.6) is 11.5 Å². The Morgan fingerprint density at radius 3 is 2.39 bits per heavy atom. The zero-order chi connectivity index (χ0) is 13.0. The molecule has 0 aliphatic rings. The third-order valence-electron chi connectivity index (χ3n) is 2.54. The van der Waals surface area contributed by atoms with Gasteiger partial charge in [-0.1, -0.05) is 12.1 Å². The molecule has 0 saturated carbocycles. The van der Waals surface area contributed by atoms with Gasteiger partial charge in [0.25, 0.3) is 0 Å². The number of hydrogen-bond acceptors (Lipinski definition) is 3. The summed E-state index contributed by atoms with van der Waals surface area (Å²) in [7, 11) is 1.65. The smallest absolute Gasteiger partial charge is 0.144 e. The Balaban J connectivity index is 2.28. The van der Waals surface area contributed by atoms with E-state index in [1.165, 1.54) is 0 Å². The molecule has 1 heterocycles. The summed E-state index contributed by atoms with van der Waals surface area (Å²) >= 11 is 0.